The van der Waals surface area contributed by atoms with Crippen LogP contribution in [0.4, 0.5) is 11.6 Å². The minimum atomic E-state index is -0.590. The molecule has 10 nitrogen and oxygen atoms in total. The maximum Gasteiger partial charge on any atom is 0.311 e. The second-order valence-electron chi connectivity index (χ2n) is 6.04. The molecule has 1 aliphatic heterocycles. The smallest absolute Gasteiger partial charge is 0.311 e. The normalized spacial score (nSPS) is 14.3. The third-order valence-corrected chi connectivity index (χ3v) is 4.35. The van der Waals surface area contributed by atoms with Crippen molar-refractivity contribution in [1.29, 1.82) is 0 Å². The number of anilines is 1. The lowest BCUT2D eigenvalue weighted by Crippen LogP contribution is -2.27. The largest absolute Gasteiger partial charge is 0.490 e. The van der Waals surface area contributed by atoms with Gasteiger partial charge in [0, 0.05) is 24.6 Å². The number of carbonyl (C=O) groups is 1. The quantitative estimate of drug-likeness (QED) is 0.583. The summed E-state index contributed by atoms with van der Waals surface area (Å²) in [6.45, 7) is 1.83. The number of aromatic nitrogens is 3. The molecule has 0 bridgehead atoms. The number of methoxy groups -OCH3 is 1. The maximum absolute atomic E-state index is 12.5. The van der Waals surface area contributed by atoms with Gasteiger partial charge in [-0.2, -0.15) is 10.1 Å². The highest BCUT2D eigenvalue weighted by molar-refractivity contribution is 6.04. The van der Waals surface area contributed by atoms with Crippen LogP contribution in [-0.2, 0) is 7.05 Å². The van der Waals surface area contributed by atoms with Crippen molar-refractivity contribution in [2.24, 2.45) is 7.05 Å². The van der Waals surface area contributed by atoms with Gasteiger partial charge in [-0.05, 0) is 38.1 Å². The van der Waals surface area contributed by atoms with Gasteiger partial charge in [0.15, 0.2) is 11.6 Å². The number of benzene rings is 1. The van der Waals surface area contributed by atoms with Gasteiger partial charge in [0.2, 0.25) is 5.95 Å². The van der Waals surface area contributed by atoms with Gasteiger partial charge in [-0.1, -0.05) is 0 Å². The summed E-state index contributed by atoms with van der Waals surface area (Å²) in [5.41, 5.74) is -0.127. The van der Waals surface area contributed by atoms with E-state index in [9.17, 15) is 14.9 Å². The van der Waals surface area contributed by atoms with Crippen LogP contribution in [0.25, 0.3) is 0 Å². The van der Waals surface area contributed by atoms with Gasteiger partial charge in [0.1, 0.15) is 0 Å². The number of nitrogens with zero attached hydrogens (tertiary/aromatic N) is 4. The summed E-state index contributed by atoms with van der Waals surface area (Å²) in [4.78, 5) is 27.4. The zero-order chi connectivity index (χ0) is 18.7. The molecular weight excluding hydrogens is 376 g/mol. The Morgan fingerprint density at radius 2 is 2.11 bits per heavy atom. The molecule has 0 saturated carbocycles. The molecule has 1 aromatic carbocycles. The second kappa shape index (κ2) is 8.78. The van der Waals surface area contributed by atoms with Crippen LogP contribution in [0, 0.1) is 10.1 Å². The van der Waals surface area contributed by atoms with Crippen molar-refractivity contribution in [3.8, 4) is 5.75 Å². The Morgan fingerprint density at radius 1 is 1.41 bits per heavy atom. The van der Waals surface area contributed by atoms with Crippen LogP contribution in [-0.4, -0.2) is 45.8 Å². The summed E-state index contributed by atoms with van der Waals surface area (Å²) in [5.74, 6) is 0.865. The summed E-state index contributed by atoms with van der Waals surface area (Å²) in [5, 5.41) is 21.4. The first-order valence-electron chi connectivity index (χ1n) is 8.25. The van der Waals surface area contributed by atoms with E-state index in [4.69, 9.17) is 4.74 Å². The standard InChI is InChI=1S/C16H20N6O4.ClH/c1-21-16(18-14(20-21)10-5-7-17-8-6-10)19-15(23)11-3-4-13(26-2)12(9-11)22(24)25;/h3-4,9-10,17H,5-8H2,1-2H3,(H,18,19,20,23);1H. The minimum absolute atomic E-state index is 0. The Bertz CT molecular complexity index is 834. The predicted octanol–water partition coefficient (Wildman–Crippen LogP) is 1.87. The molecule has 1 fully saturated rings. The molecule has 27 heavy (non-hydrogen) atoms. The molecule has 146 valence electrons. The molecule has 2 aromatic rings. The number of hydrogen-bond donors (Lipinski definition) is 2. The second-order valence-corrected chi connectivity index (χ2v) is 6.04. The molecule has 0 aliphatic carbocycles. The van der Waals surface area contributed by atoms with Crippen LogP contribution in [0.3, 0.4) is 0 Å². The van der Waals surface area contributed by atoms with E-state index < -0.39 is 10.8 Å². The number of hydrogen-bond acceptors (Lipinski definition) is 7. The number of nitro benzene ring substituents is 1. The Morgan fingerprint density at radius 3 is 2.74 bits per heavy atom. The number of halogens is 1. The molecule has 11 heteroatoms. The monoisotopic (exact) mass is 396 g/mol. The molecule has 1 saturated heterocycles. The van der Waals surface area contributed by atoms with E-state index >= 15 is 0 Å². The summed E-state index contributed by atoms with van der Waals surface area (Å²) < 4.78 is 6.45. The van der Waals surface area contributed by atoms with Crippen molar-refractivity contribution in [2.75, 3.05) is 25.5 Å². The van der Waals surface area contributed by atoms with Crippen LogP contribution in [0.1, 0.15) is 34.9 Å². The van der Waals surface area contributed by atoms with E-state index in [1.165, 1.54) is 30.0 Å². The summed E-state index contributed by atoms with van der Waals surface area (Å²) >= 11 is 0. The third kappa shape index (κ3) is 4.52. The van der Waals surface area contributed by atoms with E-state index in [0.717, 1.165) is 25.9 Å². The van der Waals surface area contributed by atoms with Crippen LogP contribution >= 0.6 is 12.4 Å². The molecule has 1 amide bonds. The van der Waals surface area contributed by atoms with Gasteiger partial charge in [0.05, 0.1) is 12.0 Å². The number of amides is 1. The lowest BCUT2D eigenvalue weighted by Gasteiger charge is -2.19. The first kappa shape index (κ1) is 20.6. The number of nitrogens with one attached hydrogen (secondary N) is 2. The van der Waals surface area contributed by atoms with Crippen molar-refractivity contribution >= 4 is 29.9 Å². The van der Waals surface area contributed by atoms with Crippen molar-refractivity contribution in [1.82, 2.24) is 20.1 Å². The fourth-order valence-electron chi connectivity index (χ4n) is 2.91. The molecule has 1 aromatic heterocycles. The summed E-state index contributed by atoms with van der Waals surface area (Å²) in [7, 11) is 3.04. The SMILES string of the molecule is COc1ccc(C(=O)Nc2nc(C3CCNCC3)nn2C)cc1[N+](=O)[O-].Cl. The lowest BCUT2D eigenvalue weighted by molar-refractivity contribution is -0.385. The highest BCUT2D eigenvalue weighted by atomic mass is 35.5. The molecule has 3 rings (SSSR count). The number of aryl methyl sites for hydroxylation is 1. The van der Waals surface area contributed by atoms with E-state index in [0.29, 0.717) is 11.8 Å². The Labute approximate surface area is 161 Å². The lowest BCUT2D eigenvalue weighted by atomic mass is 9.98. The highest BCUT2D eigenvalue weighted by Crippen LogP contribution is 2.28. The molecule has 2 heterocycles. The molecule has 0 unspecified atom stereocenters. The van der Waals surface area contributed by atoms with Gasteiger partial charge in [-0.15, -0.1) is 12.4 Å². The van der Waals surface area contributed by atoms with Gasteiger partial charge >= 0.3 is 5.69 Å². The molecule has 0 atom stereocenters. The Kier molecular flexibility index (Phi) is 6.70. The fourth-order valence-corrected chi connectivity index (χ4v) is 2.91. The molecule has 2 N–H and O–H groups in total. The molecular formula is C16H21ClN6O4. The zero-order valence-corrected chi connectivity index (χ0v) is 15.8. The van der Waals surface area contributed by atoms with Crippen molar-refractivity contribution in [3.63, 3.8) is 0 Å². The van der Waals surface area contributed by atoms with Gasteiger partial charge in [-0.25, -0.2) is 4.68 Å². The van der Waals surface area contributed by atoms with Gasteiger partial charge in [-0.3, -0.25) is 20.2 Å². The van der Waals surface area contributed by atoms with E-state index in [1.807, 2.05) is 0 Å². The average molecular weight is 397 g/mol. The minimum Gasteiger partial charge on any atom is -0.490 e. The fraction of sp³-hybridized carbons (Fsp3) is 0.438. The van der Waals surface area contributed by atoms with E-state index in [-0.39, 0.29) is 35.3 Å². The Hall–Kier alpha value is -2.72. The van der Waals surface area contributed by atoms with E-state index in [1.54, 1.807) is 7.05 Å². The van der Waals surface area contributed by atoms with Crippen molar-refractivity contribution in [3.05, 3.63) is 39.7 Å². The van der Waals surface area contributed by atoms with Gasteiger partial charge < -0.3 is 10.1 Å². The third-order valence-electron chi connectivity index (χ3n) is 4.35. The van der Waals surface area contributed by atoms with Crippen molar-refractivity contribution < 1.29 is 14.5 Å². The number of carbonyl (C=O) groups excluding carboxylic acids is 1. The van der Waals surface area contributed by atoms with Crippen LogP contribution < -0.4 is 15.4 Å². The summed E-state index contributed by atoms with van der Waals surface area (Å²) in [6.07, 6.45) is 1.89. The maximum atomic E-state index is 12.5. The van der Waals surface area contributed by atoms with Crippen LogP contribution in [0.15, 0.2) is 18.2 Å². The zero-order valence-electron chi connectivity index (χ0n) is 15.0. The number of nitro groups is 1. The number of piperidine rings is 1. The predicted molar refractivity (Wildman–Crippen MR) is 101 cm³/mol. The Balaban J connectivity index is 0.00000261. The highest BCUT2D eigenvalue weighted by Gasteiger charge is 2.23. The summed E-state index contributed by atoms with van der Waals surface area (Å²) in [6, 6.07) is 4.04. The average Bonchev–Trinajstić information content (AvgIpc) is 3.02. The molecule has 0 radical (unpaired) electrons. The van der Waals surface area contributed by atoms with Gasteiger partial charge in [0.25, 0.3) is 5.91 Å². The number of ether oxygens (including phenoxy) is 1. The number of rotatable bonds is 5. The molecule has 1 aliphatic rings. The molecule has 0 spiro atoms. The van der Waals surface area contributed by atoms with Crippen molar-refractivity contribution in [2.45, 2.75) is 18.8 Å². The first-order chi connectivity index (χ1) is 12.5. The van der Waals surface area contributed by atoms with E-state index in [2.05, 4.69) is 20.7 Å². The topological polar surface area (TPSA) is 124 Å². The van der Waals surface area contributed by atoms with Crippen LogP contribution in [0.2, 0.25) is 0 Å². The first-order valence-corrected chi connectivity index (χ1v) is 8.25. The van der Waals surface area contributed by atoms with Crippen LogP contribution in [0.5, 0.6) is 5.75 Å².